The van der Waals surface area contributed by atoms with Crippen LogP contribution in [0.1, 0.15) is 29.8 Å². The van der Waals surface area contributed by atoms with Gasteiger partial charge in [0.25, 0.3) is 5.91 Å². The third-order valence-corrected chi connectivity index (χ3v) is 4.83. The molecule has 9 nitrogen and oxygen atoms in total. The Bertz CT molecular complexity index is 1350. The molecule has 0 unspecified atom stereocenters. The van der Waals surface area contributed by atoms with Gasteiger partial charge in [-0.05, 0) is 67.9 Å². The quantitative estimate of drug-likeness (QED) is 0.424. The number of benzene rings is 2. The Balaban J connectivity index is 1.42. The molecule has 2 heterocycles. The molecule has 168 valence electrons. The molecule has 2 aromatic carbocycles. The molecule has 0 bridgehead atoms. The maximum absolute atomic E-state index is 12.7. The summed E-state index contributed by atoms with van der Waals surface area (Å²) in [5.41, 5.74) is 2.82. The highest BCUT2D eigenvalue weighted by Crippen LogP contribution is 2.15. The second-order valence-corrected chi connectivity index (χ2v) is 7.85. The zero-order valence-corrected chi connectivity index (χ0v) is 18.3. The average molecular weight is 444 g/mol. The molecule has 33 heavy (non-hydrogen) atoms. The molecular formula is C24H24N6O3. The number of nitrogens with zero attached hydrogens (tertiary/aromatic N) is 3. The second-order valence-electron chi connectivity index (χ2n) is 7.85. The van der Waals surface area contributed by atoms with Crippen molar-refractivity contribution in [2.75, 3.05) is 10.6 Å². The fourth-order valence-electron chi connectivity index (χ4n) is 3.33. The van der Waals surface area contributed by atoms with Gasteiger partial charge in [-0.2, -0.15) is 0 Å². The number of nitrogens with one attached hydrogen (secondary N) is 3. The van der Waals surface area contributed by atoms with Gasteiger partial charge in [-0.1, -0.05) is 18.2 Å². The highest BCUT2D eigenvalue weighted by atomic mass is 16.2. The van der Waals surface area contributed by atoms with Gasteiger partial charge in [0.2, 0.25) is 0 Å². The molecule has 0 saturated carbocycles. The third-order valence-electron chi connectivity index (χ3n) is 4.83. The first-order valence-corrected chi connectivity index (χ1v) is 10.5. The highest BCUT2D eigenvalue weighted by molar-refractivity contribution is 6.04. The molecule has 0 saturated heterocycles. The van der Waals surface area contributed by atoms with E-state index in [2.05, 4.69) is 21.0 Å². The van der Waals surface area contributed by atoms with Crippen molar-refractivity contribution in [1.29, 1.82) is 0 Å². The Labute approximate surface area is 190 Å². The highest BCUT2D eigenvalue weighted by Gasteiger charge is 2.10. The fourth-order valence-corrected chi connectivity index (χ4v) is 3.33. The van der Waals surface area contributed by atoms with Crippen LogP contribution < -0.4 is 21.6 Å². The Morgan fingerprint density at radius 3 is 2.45 bits per heavy atom. The maximum atomic E-state index is 12.7. The molecule has 3 N–H and O–H groups in total. The SMILES string of the molecule is CC(C)NC(=O)Nc1ccc(C(=O)Nc2cccc(Cn3nc4ccccn4c3=O)c2)cc1. The lowest BCUT2D eigenvalue weighted by Gasteiger charge is -2.11. The molecule has 2 aromatic heterocycles. The molecule has 3 amide bonds. The number of urea groups is 1. The monoisotopic (exact) mass is 444 g/mol. The number of pyridine rings is 1. The van der Waals surface area contributed by atoms with E-state index in [1.54, 1.807) is 54.7 Å². The van der Waals surface area contributed by atoms with E-state index < -0.39 is 0 Å². The minimum absolute atomic E-state index is 0.0251. The number of hydrogen-bond donors (Lipinski definition) is 3. The topological polar surface area (TPSA) is 110 Å². The lowest BCUT2D eigenvalue weighted by Crippen LogP contribution is -2.34. The Hall–Kier alpha value is -4.40. The van der Waals surface area contributed by atoms with Crippen LogP contribution in [0, 0.1) is 0 Å². The van der Waals surface area contributed by atoms with E-state index in [-0.39, 0.29) is 30.2 Å². The number of carbonyl (C=O) groups excluding carboxylic acids is 2. The van der Waals surface area contributed by atoms with Gasteiger partial charge in [-0.3, -0.25) is 9.20 Å². The van der Waals surface area contributed by atoms with Crippen LogP contribution in [0.25, 0.3) is 5.65 Å². The van der Waals surface area contributed by atoms with E-state index in [4.69, 9.17) is 0 Å². The minimum atomic E-state index is -0.302. The molecule has 0 atom stereocenters. The van der Waals surface area contributed by atoms with Gasteiger partial charge in [0.05, 0.1) is 6.54 Å². The summed E-state index contributed by atoms with van der Waals surface area (Å²) in [6, 6.07) is 19.0. The number of carbonyl (C=O) groups is 2. The van der Waals surface area contributed by atoms with Crippen molar-refractivity contribution in [3.63, 3.8) is 0 Å². The van der Waals surface area contributed by atoms with Crippen molar-refractivity contribution in [2.24, 2.45) is 0 Å². The van der Waals surface area contributed by atoms with E-state index in [0.29, 0.717) is 22.6 Å². The van der Waals surface area contributed by atoms with Crippen LogP contribution in [-0.2, 0) is 6.54 Å². The average Bonchev–Trinajstić information content (AvgIpc) is 3.09. The predicted molar refractivity (Wildman–Crippen MR) is 127 cm³/mol. The van der Waals surface area contributed by atoms with E-state index in [1.807, 2.05) is 32.0 Å². The van der Waals surface area contributed by atoms with Gasteiger partial charge < -0.3 is 16.0 Å². The van der Waals surface area contributed by atoms with Crippen molar-refractivity contribution in [2.45, 2.75) is 26.4 Å². The molecule has 0 aliphatic heterocycles. The largest absolute Gasteiger partial charge is 0.350 e. The Morgan fingerprint density at radius 2 is 1.73 bits per heavy atom. The zero-order chi connectivity index (χ0) is 23.4. The summed E-state index contributed by atoms with van der Waals surface area (Å²) >= 11 is 0. The number of rotatable bonds is 6. The Morgan fingerprint density at radius 1 is 0.939 bits per heavy atom. The van der Waals surface area contributed by atoms with Gasteiger partial charge in [-0.15, -0.1) is 5.10 Å². The summed E-state index contributed by atoms with van der Waals surface area (Å²) in [6.07, 6.45) is 1.68. The van der Waals surface area contributed by atoms with Gasteiger partial charge in [-0.25, -0.2) is 14.3 Å². The van der Waals surface area contributed by atoms with Gasteiger partial charge in [0.15, 0.2) is 5.65 Å². The molecule has 0 aliphatic rings. The molecule has 0 radical (unpaired) electrons. The van der Waals surface area contributed by atoms with Gasteiger partial charge in [0.1, 0.15) is 0 Å². The van der Waals surface area contributed by atoms with E-state index in [0.717, 1.165) is 5.56 Å². The number of hydrogen-bond acceptors (Lipinski definition) is 4. The van der Waals surface area contributed by atoms with Crippen LogP contribution in [0.5, 0.6) is 0 Å². The normalized spacial score (nSPS) is 10.9. The van der Waals surface area contributed by atoms with Gasteiger partial charge >= 0.3 is 11.7 Å². The summed E-state index contributed by atoms with van der Waals surface area (Å²) in [5, 5.41) is 12.7. The maximum Gasteiger partial charge on any atom is 0.350 e. The zero-order valence-electron chi connectivity index (χ0n) is 18.3. The predicted octanol–water partition coefficient (Wildman–Crippen LogP) is 3.33. The molecular weight excluding hydrogens is 420 g/mol. The van der Waals surface area contributed by atoms with Crippen LogP contribution in [0.2, 0.25) is 0 Å². The summed E-state index contributed by atoms with van der Waals surface area (Å²) in [5.74, 6) is -0.282. The molecule has 0 aliphatic carbocycles. The summed E-state index contributed by atoms with van der Waals surface area (Å²) in [4.78, 5) is 36.9. The first-order valence-electron chi connectivity index (χ1n) is 10.5. The Kier molecular flexibility index (Phi) is 6.21. The standard InChI is InChI=1S/C24H24N6O3/c1-16(2)25-23(32)27-19-11-9-18(10-12-19)22(31)26-20-7-5-6-17(14-20)15-30-24(33)29-13-4-3-8-21(29)28-30/h3-14,16H,15H2,1-2H3,(H,26,31)(H2,25,27,32). The van der Waals surface area contributed by atoms with E-state index >= 15 is 0 Å². The van der Waals surface area contributed by atoms with Crippen molar-refractivity contribution in [3.05, 3.63) is 94.5 Å². The van der Waals surface area contributed by atoms with Crippen molar-refractivity contribution in [3.8, 4) is 0 Å². The van der Waals surface area contributed by atoms with Crippen molar-refractivity contribution in [1.82, 2.24) is 19.5 Å². The molecule has 4 aromatic rings. The summed E-state index contributed by atoms with van der Waals surface area (Å²) in [6.45, 7) is 4.03. The molecule has 0 fully saturated rings. The van der Waals surface area contributed by atoms with Crippen molar-refractivity contribution < 1.29 is 9.59 Å². The third kappa shape index (κ3) is 5.27. The number of fused-ring (bicyclic) bond motifs is 1. The van der Waals surface area contributed by atoms with E-state index in [9.17, 15) is 14.4 Å². The summed E-state index contributed by atoms with van der Waals surface area (Å²) in [7, 11) is 0. The summed E-state index contributed by atoms with van der Waals surface area (Å²) < 4.78 is 2.87. The number of amides is 3. The van der Waals surface area contributed by atoms with Gasteiger partial charge in [0, 0.05) is 29.2 Å². The molecule has 9 heteroatoms. The van der Waals surface area contributed by atoms with E-state index in [1.165, 1.54) is 9.08 Å². The van der Waals surface area contributed by atoms with Crippen LogP contribution >= 0.6 is 0 Å². The molecule has 0 spiro atoms. The fraction of sp³-hybridized carbons (Fsp3) is 0.167. The molecule has 4 rings (SSSR count). The minimum Gasteiger partial charge on any atom is -0.336 e. The first-order chi connectivity index (χ1) is 15.9. The lowest BCUT2D eigenvalue weighted by atomic mass is 10.1. The second kappa shape index (κ2) is 9.39. The van der Waals surface area contributed by atoms with Crippen molar-refractivity contribution >= 4 is 29.0 Å². The number of anilines is 2. The van der Waals surface area contributed by atoms with Crippen LogP contribution in [0.4, 0.5) is 16.2 Å². The first kappa shape index (κ1) is 21.8. The number of aromatic nitrogens is 3. The smallest absolute Gasteiger partial charge is 0.336 e. The van der Waals surface area contributed by atoms with Crippen LogP contribution in [0.15, 0.2) is 77.7 Å². The van der Waals surface area contributed by atoms with Crippen LogP contribution in [0.3, 0.4) is 0 Å². The lowest BCUT2D eigenvalue weighted by molar-refractivity contribution is 0.102. The van der Waals surface area contributed by atoms with Crippen LogP contribution in [-0.4, -0.2) is 32.2 Å².